The van der Waals surface area contributed by atoms with Gasteiger partial charge < -0.3 is 5.32 Å². The highest BCUT2D eigenvalue weighted by atomic mass is 32.2. The summed E-state index contributed by atoms with van der Waals surface area (Å²) in [5, 5.41) is 3.32. The summed E-state index contributed by atoms with van der Waals surface area (Å²) in [6, 6.07) is 6.72. The summed E-state index contributed by atoms with van der Waals surface area (Å²) in [5.41, 5.74) is 0.469. The van der Waals surface area contributed by atoms with Gasteiger partial charge in [-0.25, -0.2) is 8.42 Å². The van der Waals surface area contributed by atoms with Crippen LogP contribution in [0.1, 0.15) is 30.1 Å². The first kappa shape index (κ1) is 17.5. The molecule has 2 aliphatic rings. The molecule has 1 aromatic carbocycles. The van der Waals surface area contributed by atoms with Crippen molar-refractivity contribution in [2.45, 2.75) is 30.7 Å². The number of hydrogen-bond donors (Lipinski definition) is 1. The Balaban J connectivity index is 1.75. The van der Waals surface area contributed by atoms with E-state index >= 15 is 0 Å². The highest BCUT2D eigenvalue weighted by molar-refractivity contribution is 7.89. The summed E-state index contributed by atoms with van der Waals surface area (Å²) < 4.78 is 27.4. The number of ketones is 1. The molecule has 1 unspecified atom stereocenters. The Labute approximate surface area is 143 Å². The number of piperazine rings is 1. The third-order valence-corrected chi connectivity index (χ3v) is 6.77. The van der Waals surface area contributed by atoms with Gasteiger partial charge in [0.05, 0.1) is 4.90 Å². The van der Waals surface area contributed by atoms with Crippen LogP contribution < -0.4 is 5.32 Å². The van der Waals surface area contributed by atoms with Crippen molar-refractivity contribution in [1.82, 2.24) is 14.5 Å². The molecule has 1 atom stereocenters. The molecule has 6 nitrogen and oxygen atoms in total. The minimum atomic E-state index is -3.54. The van der Waals surface area contributed by atoms with E-state index in [1.54, 1.807) is 29.4 Å². The van der Waals surface area contributed by atoms with E-state index in [0.29, 0.717) is 31.1 Å². The number of sulfonamides is 1. The molecule has 0 amide bonds. The van der Waals surface area contributed by atoms with Crippen molar-refractivity contribution in [3.8, 4) is 0 Å². The molecular weight excluding hydrogens is 326 g/mol. The van der Waals surface area contributed by atoms with Crippen LogP contribution in [0.4, 0.5) is 0 Å². The number of hydrogen-bond acceptors (Lipinski definition) is 5. The first-order chi connectivity index (χ1) is 11.5. The van der Waals surface area contributed by atoms with E-state index in [-0.39, 0.29) is 10.7 Å². The van der Waals surface area contributed by atoms with E-state index in [1.807, 2.05) is 0 Å². The van der Waals surface area contributed by atoms with Crippen molar-refractivity contribution in [3.63, 3.8) is 0 Å². The van der Waals surface area contributed by atoms with Gasteiger partial charge in [-0.05, 0) is 18.6 Å². The van der Waals surface area contributed by atoms with Crippen molar-refractivity contribution >= 4 is 15.8 Å². The fourth-order valence-corrected chi connectivity index (χ4v) is 5.00. The molecule has 2 aliphatic heterocycles. The Bertz CT molecular complexity index is 699. The number of rotatable bonds is 5. The van der Waals surface area contributed by atoms with Crippen LogP contribution in [0.5, 0.6) is 0 Å². The van der Waals surface area contributed by atoms with Crippen molar-refractivity contribution in [2.24, 2.45) is 0 Å². The predicted octanol–water partition coefficient (Wildman–Crippen LogP) is 0.948. The Kier molecular flexibility index (Phi) is 5.34. The van der Waals surface area contributed by atoms with Gasteiger partial charge in [0.25, 0.3) is 0 Å². The molecule has 0 bridgehead atoms. The van der Waals surface area contributed by atoms with Crippen LogP contribution in [-0.2, 0) is 10.0 Å². The summed E-state index contributed by atoms with van der Waals surface area (Å²) in [7, 11) is -3.54. The largest absolute Gasteiger partial charge is 0.314 e. The van der Waals surface area contributed by atoms with Crippen molar-refractivity contribution in [2.75, 3.05) is 39.3 Å². The molecule has 0 aromatic heterocycles. The molecule has 7 heteroatoms. The van der Waals surface area contributed by atoms with Gasteiger partial charge in [0, 0.05) is 57.3 Å². The molecule has 1 aromatic rings. The Morgan fingerprint density at radius 2 is 2.00 bits per heavy atom. The molecule has 132 valence electrons. The number of nitrogens with one attached hydrogen (secondary N) is 1. The van der Waals surface area contributed by atoms with Crippen LogP contribution in [-0.4, -0.2) is 68.7 Å². The minimum absolute atomic E-state index is 0.0350. The predicted molar refractivity (Wildman–Crippen MR) is 92.7 cm³/mol. The van der Waals surface area contributed by atoms with Gasteiger partial charge in [-0.2, -0.15) is 4.31 Å². The maximum Gasteiger partial charge on any atom is 0.243 e. The number of Topliss-reactive ketones (excluding diaryl/α,β-unsaturated/α-hetero) is 1. The highest BCUT2D eigenvalue weighted by Gasteiger charge is 2.35. The lowest BCUT2D eigenvalue weighted by atomic mass is 10.1. The zero-order chi connectivity index (χ0) is 17.2. The molecule has 0 aliphatic carbocycles. The molecular formula is C17H25N3O3S. The fraction of sp³-hybridized carbons (Fsp3) is 0.588. The second kappa shape index (κ2) is 7.31. The molecule has 0 spiro atoms. The lowest BCUT2D eigenvalue weighted by Crippen LogP contribution is -2.49. The summed E-state index contributed by atoms with van der Waals surface area (Å²) >= 11 is 0. The summed E-state index contributed by atoms with van der Waals surface area (Å²) in [6.45, 7) is 6.73. The van der Waals surface area contributed by atoms with Crippen LogP contribution in [0.2, 0.25) is 0 Å². The van der Waals surface area contributed by atoms with Gasteiger partial charge in [-0.15, -0.1) is 0 Å². The fourth-order valence-electron chi connectivity index (χ4n) is 3.46. The van der Waals surface area contributed by atoms with E-state index in [2.05, 4.69) is 10.2 Å². The van der Waals surface area contributed by atoms with Gasteiger partial charge in [-0.3, -0.25) is 9.69 Å². The second-order valence-corrected chi connectivity index (χ2v) is 8.33. The van der Waals surface area contributed by atoms with E-state index in [0.717, 1.165) is 32.6 Å². The standard InChI is InChI=1S/C17H25N3O3S/c1-2-17(21)14-4-3-5-16(12-14)24(22,23)20-9-6-15(13-20)19-10-7-18-8-11-19/h3-5,12,15,18H,2,6-11,13H2,1H3. The van der Waals surface area contributed by atoms with Gasteiger partial charge in [0.2, 0.25) is 10.0 Å². The normalized spacial score (nSPS) is 23.5. The van der Waals surface area contributed by atoms with E-state index < -0.39 is 10.0 Å². The first-order valence-electron chi connectivity index (χ1n) is 8.60. The quantitative estimate of drug-likeness (QED) is 0.800. The molecule has 2 heterocycles. The lowest BCUT2D eigenvalue weighted by Gasteiger charge is -2.32. The smallest absolute Gasteiger partial charge is 0.243 e. The summed E-state index contributed by atoms with van der Waals surface area (Å²) in [4.78, 5) is 14.5. The molecule has 3 rings (SSSR count). The van der Waals surface area contributed by atoms with Crippen LogP contribution in [0.25, 0.3) is 0 Å². The Morgan fingerprint density at radius 3 is 2.71 bits per heavy atom. The number of nitrogens with zero attached hydrogens (tertiary/aromatic N) is 2. The topological polar surface area (TPSA) is 69.7 Å². The van der Waals surface area contributed by atoms with E-state index in [1.165, 1.54) is 6.07 Å². The maximum absolute atomic E-state index is 12.9. The summed E-state index contributed by atoms with van der Waals surface area (Å²) in [6.07, 6.45) is 1.24. The average Bonchev–Trinajstić information content (AvgIpc) is 3.13. The second-order valence-electron chi connectivity index (χ2n) is 6.40. The molecule has 2 fully saturated rings. The molecule has 0 radical (unpaired) electrons. The van der Waals surface area contributed by atoms with Crippen LogP contribution in [0.3, 0.4) is 0 Å². The van der Waals surface area contributed by atoms with Crippen molar-refractivity contribution in [1.29, 1.82) is 0 Å². The lowest BCUT2D eigenvalue weighted by molar-refractivity contribution is 0.0988. The first-order valence-corrected chi connectivity index (χ1v) is 10.0. The Morgan fingerprint density at radius 1 is 1.25 bits per heavy atom. The van der Waals surface area contributed by atoms with Gasteiger partial charge in [0.1, 0.15) is 0 Å². The highest BCUT2D eigenvalue weighted by Crippen LogP contribution is 2.24. The molecule has 0 saturated carbocycles. The SMILES string of the molecule is CCC(=O)c1cccc(S(=O)(=O)N2CCC(N3CCNCC3)C2)c1. The minimum Gasteiger partial charge on any atom is -0.314 e. The molecule has 2 saturated heterocycles. The van der Waals surface area contributed by atoms with E-state index in [9.17, 15) is 13.2 Å². The monoisotopic (exact) mass is 351 g/mol. The summed E-state index contributed by atoms with van der Waals surface area (Å²) in [5.74, 6) is -0.0350. The van der Waals surface area contributed by atoms with Crippen LogP contribution in [0, 0.1) is 0 Å². The maximum atomic E-state index is 12.9. The zero-order valence-electron chi connectivity index (χ0n) is 14.1. The van der Waals surface area contributed by atoms with Gasteiger partial charge >= 0.3 is 0 Å². The Hall–Kier alpha value is -1.28. The van der Waals surface area contributed by atoms with Crippen molar-refractivity contribution < 1.29 is 13.2 Å². The third kappa shape index (κ3) is 3.54. The van der Waals surface area contributed by atoms with Crippen LogP contribution in [0.15, 0.2) is 29.2 Å². The van der Waals surface area contributed by atoms with Crippen LogP contribution >= 0.6 is 0 Å². The molecule has 1 N–H and O–H groups in total. The third-order valence-electron chi connectivity index (χ3n) is 4.91. The average molecular weight is 351 g/mol. The van der Waals surface area contributed by atoms with Crippen molar-refractivity contribution in [3.05, 3.63) is 29.8 Å². The number of benzene rings is 1. The molecule has 24 heavy (non-hydrogen) atoms. The number of carbonyl (C=O) groups excluding carboxylic acids is 1. The zero-order valence-corrected chi connectivity index (χ0v) is 14.9. The van der Waals surface area contributed by atoms with Gasteiger partial charge in [0.15, 0.2) is 5.78 Å². The van der Waals surface area contributed by atoms with E-state index in [4.69, 9.17) is 0 Å². The number of carbonyl (C=O) groups is 1. The van der Waals surface area contributed by atoms with Gasteiger partial charge in [-0.1, -0.05) is 19.1 Å².